The van der Waals surface area contributed by atoms with Crippen LogP contribution in [0.2, 0.25) is 0 Å². The molecule has 5 nitrogen and oxygen atoms in total. The average molecular weight is 420 g/mol. The van der Waals surface area contributed by atoms with Gasteiger partial charge in [-0.25, -0.2) is 4.98 Å². The Hall–Kier alpha value is -2.50. The number of benzene rings is 2. The lowest BCUT2D eigenvalue weighted by atomic mass is 9.96. The minimum absolute atomic E-state index is 0.0495. The molecule has 1 unspecified atom stereocenters. The van der Waals surface area contributed by atoms with Gasteiger partial charge in [-0.3, -0.25) is 9.36 Å². The summed E-state index contributed by atoms with van der Waals surface area (Å²) in [4.78, 5) is 20.7. The molecule has 2 aromatic carbocycles. The van der Waals surface area contributed by atoms with Crippen LogP contribution in [0, 0.1) is 5.92 Å². The predicted octanol–water partition coefficient (Wildman–Crippen LogP) is 4.24. The highest BCUT2D eigenvalue weighted by atomic mass is 16.3. The fourth-order valence-electron chi connectivity index (χ4n) is 4.83. The van der Waals surface area contributed by atoms with Crippen LogP contribution in [0.15, 0.2) is 47.3 Å². The molecule has 1 saturated heterocycles. The van der Waals surface area contributed by atoms with E-state index < -0.39 is 0 Å². The van der Waals surface area contributed by atoms with Crippen molar-refractivity contribution in [3.05, 3.63) is 64.2 Å². The highest BCUT2D eigenvalue weighted by Crippen LogP contribution is 2.27. The van der Waals surface area contributed by atoms with Crippen molar-refractivity contribution in [3.63, 3.8) is 0 Å². The van der Waals surface area contributed by atoms with Crippen molar-refractivity contribution in [1.29, 1.82) is 0 Å². The first-order chi connectivity index (χ1) is 15.0. The molecule has 164 valence electrons. The molecule has 0 spiro atoms. The van der Waals surface area contributed by atoms with E-state index in [9.17, 15) is 9.90 Å². The summed E-state index contributed by atoms with van der Waals surface area (Å²) in [7, 11) is 0. The van der Waals surface area contributed by atoms with Crippen LogP contribution in [0.25, 0.3) is 22.0 Å². The zero-order valence-electron chi connectivity index (χ0n) is 18.8. The maximum Gasteiger partial charge on any atom is 0.261 e. The van der Waals surface area contributed by atoms with Crippen molar-refractivity contribution in [2.24, 2.45) is 5.92 Å². The second kappa shape index (κ2) is 9.33. The number of likely N-dealkylation sites (tertiary alicyclic amines) is 1. The van der Waals surface area contributed by atoms with Crippen LogP contribution >= 0.6 is 0 Å². The molecular formula is C26H33N3O2. The van der Waals surface area contributed by atoms with Crippen LogP contribution in [0.5, 0.6) is 0 Å². The van der Waals surface area contributed by atoms with E-state index in [1.807, 2.05) is 24.3 Å². The van der Waals surface area contributed by atoms with Gasteiger partial charge in [-0.15, -0.1) is 0 Å². The zero-order valence-corrected chi connectivity index (χ0v) is 18.8. The van der Waals surface area contributed by atoms with Gasteiger partial charge in [0.1, 0.15) is 12.4 Å². The Labute approximate surface area is 184 Å². The Balaban J connectivity index is 1.75. The summed E-state index contributed by atoms with van der Waals surface area (Å²) >= 11 is 0. The van der Waals surface area contributed by atoms with E-state index in [1.165, 1.54) is 5.56 Å². The number of aromatic nitrogens is 2. The summed E-state index contributed by atoms with van der Waals surface area (Å²) in [6.45, 7) is 9.07. The van der Waals surface area contributed by atoms with E-state index in [0.717, 1.165) is 43.5 Å². The van der Waals surface area contributed by atoms with Gasteiger partial charge in [0.15, 0.2) is 0 Å². The van der Waals surface area contributed by atoms with Gasteiger partial charge in [0.2, 0.25) is 0 Å². The van der Waals surface area contributed by atoms with Gasteiger partial charge in [-0.1, -0.05) is 37.3 Å². The topological polar surface area (TPSA) is 58.4 Å². The molecule has 0 bridgehead atoms. The van der Waals surface area contributed by atoms with Gasteiger partial charge in [0.25, 0.3) is 5.56 Å². The maximum atomic E-state index is 13.5. The molecule has 1 aliphatic heterocycles. The number of fused-ring (bicyclic) bond motifs is 1. The first kappa shape index (κ1) is 21.7. The van der Waals surface area contributed by atoms with Gasteiger partial charge < -0.3 is 10.0 Å². The van der Waals surface area contributed by atoms with Crippen molar-refractivity contribution >= 4 is 10.9 Å². The van der Waals surface area contributed by atoms with E-state index in [-0.39, 0.29) is 12.2 Å². The molecule has 31 heavy (non-hydrogen) atoms. The maximum absolute atomic E-state index is 13.5. The number of aryl methyl sites for hydroxylation is 1. The quantitative estimate of drug-likeness (QED) is 0.649. The summed E-state index contributed by atoms with van der Waals surface area (Å²) in [5.41, 5.74) is 4.06. The van der Waals surface area contributed by atoms with E-state index >= 15 is 0 Å². The summed E-state index contributed by atoms with van der Waals surface area (Å²) in [6.07, 6.45) is 3.18. The third kappa shape index (κ3) is 4.43. The number of nitrogens with zero attached hydrogens (tertiary/aromatic N) is 3. The lowest BCUT2D eigenvalue weighted by Gasteiger charge is -2.35. The van der Waals surface area contributed by atoms with Crippen LogP contribution in [0.4, 0.5) is 0 Å². The Morgan fingerprint density at radius 2 is 2.00 bits per heavy atom. The van der Waals surface area contributed by atoms with E-state index in [4.69, 9.17) is 0 Å². The Morgan fingerprint density at radius 3 is 2.74 bits per heavy atom. The van der Waals surface area contributed by atoms with Crippen molar-refractivity contribution in [2.75, 3.05) is 13.1 Å². The molecule has 0 amide bonds. The molecule has 1 atom stereocenters. The van der Waals surface area contributed by atoms with Gasteiger partial charge >= 0.3 is 0 Å². The molecular weight excluding hydrogens is 386 g/mol. The number of rotatable bonds is 6. The summed E-state index contributed by atoms with van der Waals surface area (Å²) in [5, 5.41) is 10.6. The zero-order chi connectivity index (χ0) is 22.0. The fraction of sp³-hybridized carbons (Fsp3) is 0.462. The lowest BCUT2D eigenvalue weighted by molar-refractivity contribution is 0.128. The molecule has 3 aromatic rings. The van der Waals surface area contributed by atoms with Crippen LogP contribution < -0.4 is 5.56 Å². The molecule has 0 aliphatic carbocycles. The minimum Gasteiger partial charge on any atom is -0.388 e. The predicted molar refractivity (Wildman–Crippen MR) is 126 cm³/mol. The van der Waals surface area contributed by atoms with Gasteiger partial charge in [-0.05, 0) is 74.4 Å². The minimum atomic E-state index is -0.230. The van der Waals surface area contributed by atoms with Crippen LogP contribution in [0.1, 0.15) is 45.0 Å². The lowest BCUT2D eigenvalue weighted by Crippen LogP contribution is -2.42. The van der Waals surface area contributed by atoms with Crippen LogP contribution in [0.3, 0.4) is 0 Å². The molecule has 5 heteroatoms. The number of hydrogen-bond donors (Lipinski definition) is 1. The molecule has 1 N–H and O–H groups in total. The van der Waals surface area contributed by atoms with Gasteiger partial charge in [-0.2, -0.15) is 0 Å². The smallest absolute Gasteiger partial charge is 0.261 e. The highest BCUT2D eigenvalue weighted by Gasteiger charge is 2.23. The van der Waals surface area contributed by atoms with Gasteiger partial charge in [0, 0.05) is 19.1 Å². The third-order valence-electron chi connectivity index (χ3n) is 6.61. The molecule has 1 aromatic heterocycles. The summed E-state index contributed by atoms with van der Waals surface area (Å²) in [6, 6.07) is 14.7. The van der Waals surface area contributed by atoms with Crippen molar-refractivity contribution < 1.29 is 5.11 Å². The second-order valence-electron chi connectivity index (χ2n) is 8.94. The number of piperidine rings is 1. The van der Waals surface area contributed by atoms with Crippen molar-refractivity contribution in [2.45, 2.75) is 59.2 Å². The molecule has 0 saturated carbocycles. The second-order valence-corrected chi connectivity index (χ2v) is 8.94. The average Bonchev–Trinajstić information content (AvgIpc) is 2.80. The van der Waals surface area contributed by atoms with E-state index in [0.29, 0.717) is 35.2 Å². The Morgan fingerprint density at radius 1 is 1.19 bits per heavy atom. The molecule has 1 aliphatic rings. The van der Waals surface area contributed by atoms with Crippen molar-refractivity contribution in [1.82, 2.24) is 14.5 Å². The number of hydrogen-bond acceptors (Lipinski definition) is 4. The van der Waals surface area contributed by atoms with Gasteiger partial charge in [0.05, 0.1) is 10.9 Å². The molecule has 0 radical (unpaired) electrons. The SMILES string of the molecule is CCc1ccccc1-c1ccc2nc(CO)n(CC3CCCN(C(C)C)C3)c(=O)c2c1. The third-order valence-corrected chi connectivity index (χ3v) is 6.61. The summed E-state index contributed by atoms with van der Waals surface area (Å²) < 4.78 is 1.71. The highest BCUT2D eigenvalue weighted by molar-refractivity contribution is 5.84. The fourth-order valence-corrected chi connectivity index (χ4v) is 4.83. The van der Waals surface area contributed by atoms with Crippen LogP contribution in [-0.2, 0) is 19.6 Å². The number of aliphatic hydroxyl groups excluding tert-OH is 1. The van der Waals surface area contributed by atoms with Crippen molar-refractivity contribution in [3.8, 4) is 11.1 Å². The molecule has 2 heterocycles. The van der Waals surface area contributed by atoms with Crippen LogP contribution in [-0.4, -0.2) is 38.7 Å². The standard InChI is InChI=1S/C26H33N3O2/c1-4-20-9-5-6-10-22(20)21-11-12-24-23(14-21)26(31)29(25(17-30)27-24)16-19-8-7-13-28(15-19)18(2)3/h5-6,9-12,14,18-19,30H,4,7-8,13,15-17H2,1-3H3. The Kier molecular flexibility index (Phi) is 6.54. The van der Waals surface area contributed by atoms with E-state index in [2.05, 4.69) is 48.9 Å². The number of aliphatic hydroxyl groups is 1. The molecule has 1 fully saturated rings. The first-order valence-corrected chi connectivity index (χ1v) is 11.5. The molecule has 4 rings (SSSR count). The normalized spacial score (nSPS) is 17.5. The summed E-state index contributed by atoms with van der Waals surface area (Å²) in [5.74, 6) is 0.850. The Bertz CT molecular complexity index is 1120. The van der Waals surface area contributed by atoms with E-state index in [1.54, 1.807) is 4.57 Å². The first-order valence-electron chi connectivity index (χ1n) is 11.5. The monoisotopic (exact) mass is 419 g/mol. The largest absolute Gasteiger partial charge is 0.388 e.